The molecule has 0 N–H and O–H groups in total. The lowest BCUT2D eigenvalue weighted by Crippen LogP contribution is -2.11. The number of furan rings is 1. The molecule has 0 amide bonds. The number of hydrogen-bond donors (Lipinski definition) is 0. The van der Waals surface area contributed by atoms with Crippen molar-refractivity contribution in [2.75, 3.05) is 4.90 Å². The predicted octanol–water partition coefficient (Wildman–Crippen LogP) is 15.4. The third kappa shape index (κ3) is 6.24. The molecule has 0 aliphatic carbocycles. The molecule has 2 nitrogen and oxygen atoms in total. The summed E-state index contributed by atoms with van der Waals surface area (Å²) in [5, 5.41) is 2.23. The van der Waals surface area contributed by atoms with Gasteiger partial charge in [0.05, 0.1) is 5.69 Å². The predicted molar refractivity (Wildman–Crippen MR) is 236 cm³/mol. The Kier molecular flexibility index (Phi) is 8.55. The first-order chi connectivity index (χ1) is 27.8. The van der Waals surface area contributed by atoms with E-state index in [-0.39, 0.29) is 0 Å². The van der Waals surface area contributed by atoms with E-state index in [9.17, 15) is 0 Å². The summed E-state index contributed by atoms with van der Waals surface area (Å²) in [6.07, 6.45) is 0. The maximum atomic E-state index is 6.45. The van der Waals surface area contributed by atoms with Crippen LogP contribution in [-0.2, 0) is 0 Å². The molecule has 0 aliphatic rings. The molecular weight excluding hydrogens is 679 g/mol. The average molecular weight is 716 g/mol. The van der Waals surface area contributed by atoms with Crippen molar-refractivity contribution >= 4 is 39.0 Å². The molecule has 10 aromatic rings. The van der Waals surface area contributed by atoms with E-state index in [2.05, 4.69) is 217 Å². The van der Waals surface area contributed by atoms with Gasteiger partial charge in [-0.25, -0.2) is 0 Å². The number of anilines is 3. The monoisotopic (exact) mass is 715 g/mol. The lowest BCUT2D eigenvalue weighted by atomic mass is 9.89. The van der Waals surface area contributed by atoms with Gasteiger partial charge in [0, 0.05) is 33.8 Å². The molecule has 0 radical (unpaired) electrons. The summed E-state index contributed by atoms with van der Waals surface area (Å²) in [5.74, 6) is 0. The maximum absolute atomic E-state index is 6.45. The average Bonchev–Trinajstić information content (AvgIpc) is 3.66. The highest BCUT2D eigenvalue weighted by molar-refractivity contribution is 6.06. The molecule has 0 bridgehead atoms. The Bertz CT molecular complexity index is 2930. The fraction of sp³-hybridized carbons (Fsp3) is 0. The number of para-hydroxylation sites is 1. The summed E-state index contributed by atoms with van der Waals surface area (Å²) in [5.41, 5.74) is 16.6. The molecule has 1 heterocycles. The maximum Gasteiger partial charge on any atom is 0.137 e. The molecule has 0 unspecified atom stereocenters. The van der Waals surface area contributed by atoms with Crippen molar-refractivity contribution in [1.29, 1.82) is 0 Å². The van der Waals surface area contributed by atoms with Crippen LogP contribution in [0.25, 0.3) is 77.6 Å². The van der Waals surface area contributed by atoms with Crippen LogP contribution in [0.15, 0.2) is 229 Å². The van der Waals surface area contributed by atoms with Gasteiger partial charge in [0.1, 0.15) is 11.2 Å². The Morgan fingerprint density at radius 1 is 0.268 bits per heavy atom. The normalized spacial score (nSPS) is 11.2. The van der Waals surface area contributed by atoms with Crippen molar-refractivity contribution in [3.05, 3.63) is 224 Å². The van der Waals surface area contributed by atoms with Crippen LogP contribution in [0.3, 0.4) is 0 Å². The third-order valence-corrected chi connectivity index (χ3v) is 10.7. The van der Waals surface area contributed by atoms with E-state index in [0.29, 0.717) is 0 Å². The second kappa shape index (κ2) is 14.4. The second-order valence-electron chi connectivity index (χ2n) is 14.1. The molecule has 0 atom stereocenters. The highest BCUT2D eigenvalue weighted by atomic mass is 16.3. The minimum absolute atomic E-state index is 0.860. The summed E-state index contributed by atoms with van der Waals surface area (Å²) < 4.78 is 6.45. The van der Waals surface area contributed by atoms with Gasteiger partial charge in [-0.15, -0.1) is 0 Å². The van der Waals surface area contributed by atoms with Gasteiger partial charge in [0.25, 0.3) is 0 Å². The first-order valence-corrected chi connectivity index (χ1v) is 19.1. The molecule has 0 saturated heterocycles. The van der Waals surface area contributed by atoms with Crippen LogP contribution in [0.5, 0.6) is 0 Å². The molecule has 1 aromatic heterocycles. The zero-order chi connectivity index (χ0) is 37.3. The van der Waals surface area contributed by atoms with E-state index in [1.807, 2.05) is 12.1 Å². The summed E-state index contributed by atoms with van der Waals surface area (Å²) in [6.45, 7) is 0. The third-order valence-electron chi connectivity index (χ3n) is 10.7. The molecule has 2 heteroatoms. The highest BCUT2D eigenvalue weighted by Crippen LogP contribution is 2.46. The smallest absolute Gasteiger partial charge is 0.137 e. The summed E-state index contributed by atoms with van der Waals surface area (Å²) in [4.78, 5) is 2.37. The first-order valence-electron chi connectivity index (χ1n) is 19.1. The number of nitrogens with zero attached hydrogens (tertiary/aromatic N) is 1. The van der Waals surface area contributed by atoms with Crippen LogP contribution in [0.2, 0.25) is 0 Å². The second-order valence-corrected chi connectivity index (χ2v) is 14.1. The number of rotatable bonds is 8. The lowest BCUT2D eigenvalue weighted by molar-refractivity contribution is 0.669. The SMILES string of the molecule is c1ccc(-c2ccc(N(c3ccc4c(c3)oc3ccccc34)c3ccc(-c4ccc(-c5ccccc5)cc4-c4ccccc4)cc3-c3ccccc3)cc2)cc1. The van der Waals surface area contributed by atoms with Gasteiger partial charge in [0.2, 0.25) is 0 Å². The van der Waals surface area contributed by atoms with Crippen LogP contribution < -0.4 is 4.90 Å². The Hall–Kier alpha value is -7.42. The van der Waals surface area contributed by atoms with Gasteiger partial charge < -0.3 is 9.32 Å². The van der Waals surface area contributed by atoms with Crippen molar-refractivity contribution in [2.45, 2.75) is 0 Å². The Labute approximate surface area is 327 Å². The van der Waals surface area contributed by atoms with Crippen molar-refractivity contribution < 1.29 is 4.42 Å². The summed E-state index contributed by atoms with van der Waals surface area (Å²) in [6, 6.07) is 80.1. The van der Waals surface area contributed by atoms with E-state index in [4.69, 9.17) is 4.42 Å². The van der Waals surface area contributed by atoms with E-state index < -0.39 is 0 Å². The van der Waals surface area contributed by atoms with Crippen LogP contribution in [0.1, 0.15) is 0 Å². The van der Waals surface area contributed by atoms with Crippen molar-refractivity contribution in [1.82, 2.24) is 0 Å². The molecule has 0 aliphatic heterocycles. The molecule has 264 valence electrons. The van der Waals surface area contributed by atoms with Gasteiger partial charge in [-0.1, -0.05) is 170 Å². The van der Waals surface area contributed by atoms with Crippen molar-refractivity contribution in [2.24, 2.45) is 0 Å². The minimum Gasteiger partial charge on any atom is -0.456 e. The van der Waals surface area contributed by atoms with E-state index in [1.54, 1.807) is 0 Å². The van der Waals surface area contributed by atoms with Crippen molar-refractivity contribution in [3.8, 4) is 55.6 Å². The molecule has 0 fully saturated rings. The zero-order valence-corrected chi connectivity index (χ0v) is 30.7. The minimum atomic E-state index is 0.860. The Balaban J connectivity index is 1.18. The first kappa shape index (κ1) is 33.2. The van der Waals surface area contributed by atoms with Gasteiger partial charge in [-0.05, 0) is 98.6 Å². The van der Waals surface area contributed by atoms with E-state index >= 15 is 0 Å². The Morgan fingerprint density at radius 3 is 1.43 bits per heavy atom. The van der Waals surface area contributed by atoms with Gasteiger partial charge in [-0.3, -0.25) is 0 Å². The van der Waals surface area contributed by atoms with Gasteiger partial charge in [0.15, 0.2) is 0 Å². The van der Waals surface area contributed by atoms with Crippen LogP contribution in [0.4, 0.5) is 17.1 Å². The molecule has 56 heavy (non-hydrogen) atoms. The lowest BCUT2D eigenvalue weighted by Gasteiger charge is -2.29. The molecular formula is C54H37NO. The van der Waals surface area contributed by atoms with Crippen LogP contribution >= 0.6 is 0 Å². The van der Waals surface area contributed by atoms with Crippen LogP contribution in [-0.4, -0.2) is 0 Å². The topological polar surface area (TPSA) is 16.4 Å². The number of fused-ring (bicyclic) bond motifs is 3. The fourth-order valence-corrected chi connectivity index (χ4v) is 7.92. The molecule has 9 aromatic carbocycles. The standard InChI is InChI=1S/C54H37NO/c1-5-15-38(16-6-1)40-25-29-45(30-26-40)55(46-31-33-49-48-23-13-14-24-53(48)56-54(49)37-46)52-34-28-44(36-51(52)42-21-11-4-12-22-42)47-32-27-43(39-17-7-2-8-18-39)35-50(47)41-19-9-3-10-20-41/h1-37H. The quantitative estimate of drug-likeness (QED) is 0.156. The highest BCUT2D eigenvalue weighted by Gasteiger charge is 2.21. The van der Waals surface area contributed by atoms with Gasteiger partial charge >= 0.3 is 0 Å². The fourth-order valence-electron chi connectivity index (χ4n) is 7.92. The summed E-state index contributed by atoms with van der Waals surface area (Å²) >= 11 is 0. The summed E-state index contributed by atoms with van der Waals surface area (Å²) in [7, 11) is 0. The van der Waals surface area contributed by atoms with Crippen molar-refractivity contribution in [3.63, 3.8) is 0 Å². The number of benzene rings is 9. The van der Waals surface area contributed by atoms with Crippen LogP contribution in [0, 0.1) is 0 Å². The van der Waals surface area contributed by atoms with E-state index in [0.717, 1.165) is 55.7 Å². The van der Waals surface area contributed by atoms with E-state index in [1.165, 1.54) is 38.9 Å². The van der Waals surface area contributed by atoms with Gasteiger partial charge in [-0.2, -0.15) is 0 Å². The Morgan fingerprint density at radius 2 is 0.750 bits per heavy atom. The zero-order valence-electron chi connectivity index (χ0n) is 30.7. The molecule has 0 saturated carbocycles. The molecule has 10 rings (SSSR count). The number of hydrogen-bond acceptors (Lipinski definition) is 2. The largest absolute Gasteiger partial charge is 0.456 e. The molecule has 0 spiro atoms.